The second-order valence-corrected chi connectivity index (χ2v) is 18.5. The summed E-state index contributed by atoms with van der Waals surface area (Å²) in [6.45, 7) is 18.0. The number of allylic oxidation sites excluding steroid dienone is 3. The van der Waals surface area contributed by atoms with Crippen LogP contribution in [0.2, 0.25) is 0 Å². The molecule has 1 aromatic rings. The van der Waals surface area contributed by atoms with Gasteiger partial charge in [0.2, 0.25) is 5.91 Å². The first-order chi connectivity index (χ1) is 27.7. The molecular formula is C48H73FN2O8. The van der Waals surface area contributed by atoms with Crippen molar-refractivity contribution in [1.82, 2.24) is 4.90 Å². The number of likely N-dealkylation sites (N-methyl/N-ethyl adjacent to an activating group) is 1. The molecule has 1 amide bonds. The van der Waals surface area contributed by atoms with Gasteiger partial charge in [0.05, 0.1) is 12.2 Å². The summed E-state index contributed by atoms with van der Waals surface area (Å²) in [7, 11) is 1.98. The smallest absolute Gasteiger partial charge is 0.351 e. The first-order valence-electron chi connectivity index (χ1n) is 22.0. The van der Waals surface area contributed by atoms with Crippen molar-refractivity contribution >= 4 is 29.4 Å². The molecule has 2 bridgehead atoms. The highest BCUT2D eigenvalue weighted by Crippen LogP contribution is 2.48. The molecule has 0 radical (unpaired) electrons. The van der Waals surface area contributed by atoms with E-state index in [-0.39, 0.29) is 30.4 Å². The number of Topliss-reactive ketones (excluding diaryl/α,β-unsaturated/α-hetero) is 1. The van der Waals surface area contributed by atoms with Gasteiger partial charge in [-0.1, -0.05) is 102 Å². The van der Waals surface area contributed by atoms with Gasteiger partial charge in [0.1, 0.15) is 17.8 Å². The van der Waals surface area contributed by atoms with Gasteiger partial charge in [-0.25, -0.2) is 14.2 Å². The van der Waals surface area contributed by atoms with Crippen LogP contribution in [0.1, 0.15) is 133 Å². The molecule has 2 N–H and O–H groups in total. The van der Waals surface area contributed by atoms with E-state index in [4.69, 9.17) is 14.2 Å². The molecule has 1 aromatic carbocycles. The minimum atomic E-state index is -3.08. The molecule has 3 fully saturated rings. The number of hydrogen-bond donors (Lipinski definition) is 2. The molecule has 10 nitrogen and oxygen atoms in total. The number of aliphatic hydroxyl groups is 2. The molecular weight excluding hydrogens is 752 g/mol. The SMILES string of the molecule is CCCCN(C)[C@H]1C[C@@H](C)O[C@@H](O[C@@H]2[C@@H](C)C(=O)[C@](C)(F)C(=O)O[C@H](CC)[C@@](C)(O)[C@@H]3CC/C(=C\C=C\c4ccccc4)CC[C@]2(C)C[C@@H](C)/C(=N\C(C)=O)[C@@H]3C)[C@@H]1O. The number of aliphatic hydroxyl groups excluding tert-OH is 1. The fourth-order valence-corrected chi connectivity index (χ4v) is 10.1. The van der Waals surface area contributed by atoms with E-state index in [9.17, 15) is 24.6 Å². The molecule has 1 saturated carbocycles. The number of unbranched alkanes of at least 4 members (excludes halogenated alkanes) is 1. The summed E-state index contributed by atoms with van der Waals surface area (Å²) in [6.07, 6.45) is 6.42. The van der Waals surface area contributed by atoms with Gasteiger partial charge in [0.15, 0.2) is 12.1 Å². The number of fused-ring (bicyclic) bond motifs is 5. The quantitative estimate of drug-likeness (QED) is 0.186. The van der Waals surface area contributed by atoms with Crippen LogP contribution in [0.3, 0.4) is 0 Å². The Morgan fingerprint density at radius 1 is 1.07 bits per heavy atom. The van der Waals surface area contributed by atoms with Gasteiger partial charge in [-0.2, -0.15) is 0 Å². The van der Waals surface area contributed by atoms with E-state index in [0.29, 0.717) is 44.2 Å². The van der Waals surface area contributed by atoms with Crippen molar-refractivity contribution in [3.63, 3.8) is 0 Å². The summed E-state index contributed by atoms with van der Waals surface area (Å²) in [5.74, 6) is -5.42. The average Bonchev–Trinajstić information content (AvgIpc) is 3.20. The molecule has 0 unspecified atom stereocenters. The Bertz CT molecular complexity index is 1680. The van der Waals surface area contributed by atoms with E-state index in [1.807, 2.05) is 77.2 Å². The van der Waals surface area contributed by atoms with E-state index in [1.165, 1.54) is 6.92 Å². The Morgan fingerprint density at radius 3 is 2.37 bits per heavy atom. The number of esters is 1. The lowest BCUT2D eigenvalue weighted by Crippen LogP contribution is -2.59. The number of ketones is 1. The number of aliphatic imine (C=N–C) groups is 1. The molecule has 3 aliphatic rings. The Balaban J connectivity index is 1.98. The fourth-order valence-electron chi connectivity index (χ4n) is 10.1. The zero-order valence-corrected chi connectivity index (χ0v) is 37.6. The van der Waals surface area contributed by atoms with Crippen molar-refractivity contribution < 1.29 is 43.2 Å². The van der Waals surface area contributed by atoms with Crippen molar-refractivity contribution in [3.05, 3.63) is 53.6 Å². The van der Waals surface area contributed by atoms with Crippen molar-refractivity contribution in [3.8, 4) is 0 Å². The molecule has 0 spiro atoms. The third-order valence-corrected chi connectivity index (χ3v) is 13.6. The van der Waals surface area contributed by atoms with Crippen LogP contribution >= 0.6 is 0 Å². The van der Waals surface area contributed by atoms with Crippen molar-refractivity contribution in [2.75, 3.05) is 13.6 Å². The Hall–Kier alpha value is -3.09. The number of amides is 1. The molecule has 13 atom stereocenters. The van der Waals surface area contributed by atoms with E-state index in [1.54, 1.807) is 20.8 Å². The molecule has 2 heterocycles. The molecule has 330 valence electrons. The average molecular weight is 825 g/mol. The maximum Gasteiger partial charge on any atom is 0.351 e. The summed E-state index contributed by atoms with van der Waals surface area (Å²) >= 11 is 0. The Morgan fingerprint density at radius 2 is 1.75 bits per heavy atom. The molecule has 1 aliphatic carbocycles. The van der Waals surface area contributed by atoms with Gasteiger partial charge in [0, 0.05) is 30.5 Å². The molecule has 4 rings (SSSR count). The first kappa shape index (κ1) is 48.6. The van der Waals surface area contributed by atoms with Gasteiger partial charge in [-0.3, -0.25) is 9.59 Å². The van der Waals surface area contributed by atoms with Crippen LogP contribution in [0.5, 0.6) is 0 Å². The summed E-state index contributed by atoms with van der Waals surface area (Å²) in [5, 5.41) is 24.5. The summed E-state index contributed by atoms with van der Waals surface area (Å²) < 4.78 is 36.2. The van der Waals surface area contributed by atoms with Gasteiger partial charge < -0.3 is 29.3 Å². The van der Waals surface area contributed by atoms with Gasteiger partial charge >= 0.3 is 5.97 Å². The lowest BCUT2D eigenvalue weighted by atomic mass is 9.65. The van der Waals surface area contributed by atoms with Crippen molar-refractivity contribution in [2.45, 2.75) is 175 Å². The van der Waals surface area contributed by atoms with Crippen molar-refractivity contribution in [1.29, 1.82) is 0 Å². The predicted octanol–water partition coefficient (Wildman–Crippen LogP) is 8.47. The molecule has 2 aliphatic heterocycles. The number of ether oxygens (including phenoxy) is 3. The monoisotopic (exact) mass is 825 g/mol. The molecule has 11 heteroatoms. The topological polar surface area (TPSA) is 135 Å². The number of carbonyl (C=O) groups is 3. The van der Waals surface area contributed by atoms with E-state index in [0.717, 1.165) is 37.4 Å². The normalized spacial score (nSPS) is 39.5. The highest BCUT2D eigenvalue weighted by molar-refractivity contribution is 6.08. The Labute approximate surface area is 353 Å². The molecule has 59 heavy (non-hydrogen) atoms. The standard InChI is InChI=1S/C48H73FN2O8/c1-12-14-27-51(11)38-28-31(4)57-44(41(38)53)59-43-33(6)42(54)47(9,49)45(55)58-39(13-2)48(10,56)37-24-23-36(22-18-21-35-19-16-15-17-20-35)25-26-46(43,8)29-30(3)40(32(37)5)50-34(7)52/h15-22,30-33,37-39,41,43-44,53,56H,12-14,23-29H2,1-11H3/b21-18+,36-22+,50-40+/t30-,31-,32-,33+,37-,38+,39-,41-,43-,44+,46-,47+,48+/m1/s1. The minimum absolute atomic E-state index is 0.145. The van der Waals surface area contributed by atoms with Crippen LogP contribution < -0.4 is 0 Å². The summed E-state index contributed by atoms with van der Waals surface area (Å²) in [4.78, 5) is 48.2. The van der Waals surface area contributed by atoms with Crippen LogP contribution in [-0.4, -0.2) is 100 Å². The number of hydrogen-bond acceptors (Lipinski definition) is 9. The predicted molar refractivity (Wildman–Crippen MR) is 230 cm³/mol. The van der Waals surface area contributed by atoms with Crippen LogP contribution in [0.15, 0.2) is 53.0 Å². The minimum Gasteiger partial charge on any atom is -0.457 e. The van der Waals surface area contributed by atoms with Crippen LogP contribution in [0.25, 0.3) is 6.08 Å². The molecule has 2 saturated heterocycles. The van der Waals surface area contributed by atoms with Crippen LogP contribution in [-0.2, 0) is 28.6 Å². The van der Waals surface area contributed by atoms with Crippen molar-refractivity contribution in [2.24, 2.45) is 34.1 Å². The maximum atomic E-state index is 17.0. The van der Waals surface area contributed by atoms with Crippen LogP contribution in [0, 0.1) is 29.1 Å². The zero-order valence-electron chi connectivity index (χ0n) is 37.6. The fraction of sp³-hybridized carbons (Fsp3) is 0.708. The number of alkyl halides is 1. The number of benzene rings is 1. The second-order valence-electron chi connectivity index (χ2n) is 18.5. The highest BCUT2D eigenvalue weighted by atomic mass is 19.1. The van der Waals surface area contributed by atoms with Gasteiger partial charge in [-0.05, 0) is 109 Å². The number of carbonyl (C=O) groups excluding carboxylic acids is 3. The highest BCUT2D eigenvalue weighted by Gasteiger charge is 2.55. The third-order valence-electron chi connectivity index (χ3n) is 13.6. The lowest BCUT2D eigenvalue weighted by molar-refractivity contribution is -0.287. The first-order valence-corrected chi connectivity index (χ1v) is 22.0. The van der Waals surface area contributed by atoms with Gasteiger partial charge in [-0.15, -0.1) is 0 Å². The van der Waals surface area contributed by atoms with Crippen LogP contribution in [0.4, 0.5) is 4.39 Å². The largest absolute Gasteiger partial charge is 0.457 e. The van der Waals surface area contributed by atoms with Gasteiger partial charge in [0.25, 0.3) is 5.67 Å². The third kappa shape index (κ3) is 11.6. The second kappa shape index (κ2) is 20.6. The zero-order chi connectivity index (χ0) is 43.9. The number of cyclic esters (lactones) is 1. The van der Waals surface area contributed by atoms with E-state index >= 15 is 4.39 Å². The number of rotatable bonds is 9. The molecule has 0 aromatic heterocycles. The van der Waals surface area contributed by atoms with E-state index in [2.05, 4.69) is 22.9 Å². The number of halogens is 1. The number of nitrogens with zero attached hydrogens (tertiary/aromatic N) is 2. The summed E-state index contributed by atoms with van der Waals surface area (Å²) in [6, 6.07) is 9.68. The summed E-state index contributed by atoms with van der Waals surface area (Å²) in [5.41, 5.74) is -2.99. The lowest BCUT2D eigenvalue weighted by Gasteiger charge is -2.48. The van der Waals surface area contributed by atoms with E-state index < -0.39 is 70.8 Å². The Kier molecular flexibility index (Phi) is 17.0. The maximum absolute atomic E-state index is 17.0.